The van der Waals surface area contributed by atoms with Gasteiger partial charge in [-0.25, -0.2) is 0 Å². The van der Waals surface area contributed by atoms with Crippen molar-refractivity contribution in [3.05, 3.63) is 0 Å². The highest BCUT2D eigenvalue weighted by Crippen LogP contribution is 2.20. The van der Waals surface area contributed by atoms with Crippen LogP contribution in [0.15, 0.2) is 0 Å². The number of nitrogens with one attached hydrogen (secondary N) is 1. The molecule has 1 aliphatic carbocycles. The van der Waals surface area contributed by atoms with Crippen molar-refractivity contribution in [1.82, 2.24) is 5.32 Å². The Balaban J connectivity index is 1.99. The normalized spacial score (nSPS) is 20.6. The van der Waals surface area contributed by atoms with E-state index in [-0.39, 0.29) is 6.10 Å². The van der Waals surface area contributed by atoms with Gasteiger partial charge in [0.05, 0.1) is 18.8 Å². The van der Waals surface area contributed by atoms with Crippen LogP contribution in [0.5, 0.6) is 0 Å². The first kappa shape index (κ1) is 12.0. The van der Waals surface area contributed by atoms with E-state index in [0.717, 1.165) is 0 Å². The van der Waals surface area contributed by atoms with Crippen LogP contribution in [0.25, 0.3) is 0 Å². The van der Waals surface area contributed by atoms with Crippen LogP contribution in [0.3, 0.4) is 0 Å². The van der Waals surface area contributed by atoms with Crippen molar-refractivity contribution in [2.24, 2.45) is 0 Å². The quantitative estimate of drug-likeness (QED) is 0.680. The fourth-order valence-electron chi connectivity index (χ4n) is 1.73. The third kappa shape index (κ3) is 4.94. The molecule has 1 rings (SSSR count). The van der Waals surface area contributed by atoms with Crippen LogP contribution >= 0.6 is 0 Å². The monoisotopic (exact) mass is 201 g/mol. The molecule has 0 aliphatic heterocycles. The van der Waals surface area contributed by atoms with Gasteiger partial charge < -0.3 is 15.2 Å². The second kappa shape index (κ2) is 6.38. The predicted octanol–water partition coefficient (Wildman–Crippen LogP) is 1.30. The van der Waals surface area contributed by atoms with Gasteiger partial charge in [-0.1, -0.05) is 26.7 Å². The zero-order valence-electron chi connectivity index (χ0n) is 9.33. The number of hydrogen-bond donors (Lipinski definition) is 2. The highest BCUT2D eigenvalue weighted by molar-refractivity contribution is 4.68. The van der Waals surface area contributed by atoms with E-state index >= 15 is 0 Å². The molecule has 3 heteroatoms. The Kier molecular flexibility index (Phi) is 5.45. The number of aliphatic hydroxyl groups excluding tert-OH is 1. The van der Waals surface area contributed by atoms with Crippen LogP contribution in [0, 0.1) is 0 Å². The smallest absolute Gasteiger partial charge is 0.0897 e. The van der Waals surface area contributed by atoms with Crippen molar-refractivity contribution in [1.29, 1.82) is 0 Å². The molecule has 0 heterocycles. The van der Waals surface area contributed by atoms with E-state index in [2.05, 4.69) is 19.2 Å². The minimum Gasteiger partial charge on any atom is -0.389 e. The first-order valence-corrected chi connectivity index (χ1v) is 5.71. The van der Waals surface area contributed by atoms with Crippen molar-refractivity contribution < 1.29 is 9.84 Å². The van der Waals surface area contributed by atoms with Crippen molar-refractivity contribution in [2.75, 3.05) is 13.2 Å². The summed E-state index contributed by atoms with van der Waals surface area (Å²) in [4.78, 5) is 0. The van der Waals surface area contributed by atoms with E-state index in [4.69, 9.17) is 4.74 Å². The van der Waals surface area contributed by atoms with Gasteiger partial charge in [-0.15, -0.1) is 0 Å². The third-order valence-electron chi connectivity index (χ3n) is 2.59. The van der Waals surface area contributed by atoms with Gasteiger partial charge in [0.2, 0.25) is 0 Å². The Hall–Kier alpha value is -0.120. The molecule has 1 fully saturated rings. The minimum atomic E-state index is -0.363. The lowest BCUT2D eigenvalue weighted by Gasteiger charge is -2.17. The molecule has 0 aromatic rings. The summed E-state index contributed by atoms with van der Waals surface area (Å²) >= 11 is 0. The van der Waals surface area contributed by atoms with E-state index in [1.54, 1.807) is 0 Å². The van der Waals surface area contributed by atoms with E-state index in [0.29, 0.717) is 25.3 Å². The molecule has 0 aromatic heterocycles. The summed E-state index contributed by atoms with van der Waals surface area (Å²) < 4.78 is 5.61. The molecule has 3 nitrogen and oxygen atoms in total. The molecule has 1 aliphatic rings. The molecule has 0 amide bonds. The van der Waals surface area contributed by atoms with Crippen LogP contribution in [-0.2, 0) is 4.74 Å². The Labute approximate surface area is 86.8 Å². The average molecular weight is 201 g/mol. The molecule has 1 atom stereocenters. The maximum atomic E-state index is 9.57. The van der Waals surface area contributed by atoms with Crippen LogP contribution in [0.1, 0.15) is 39.5 Å². The summed E-state index contributed by atoms with van der Waals surface area (Å²) in [5.74, 6) is 0. The molecule has 84 valence electrons. The molecule has 14 heavy (non-hydrogen) atoms. The topological polar surface area (TPSA) is 41.5 Å². The number of hydrogen-bond acceptors (Lipinski definition) is 3. The lowest BCUT2D eigenvalue weighted by atomic mass is 10.3. The van der Waals surface area contributed by atoms with Crippen LogP contribution in [0.4, 0.5) is 0 Å². The lowest BCUT2D eigenvalue weighted by Crippen LogP contribution is -2.35. The molecule has 1 saturated carbocycles. The summed E-state index contributed by atoms with van der Waals surface area (Å²) in [6, 6.07) is 0.427. The molecule has 0 saturated heterocycles. The summed E-state index contributed by atoms with van der Waals surface area (Å²) in [5, 5.41) is 12.8. The Morgan fingerprint density at radius 2 is 2.00 bits per heavy atom. The van der Waals surface area contributed by atoms with Gasteiger partial charge in [0.15, 0.2) is 0 Å². The molecule has 0 aromatic carbocycles. The first-order valence-electron chi connectivity index (χ1n) is 5.71. The lowest BCUT2D eigenvalue weighted by molar-refractivity contribution is -0.00592. The highest BCUT2D eigenvalue weighted by Gasteiger charge is 2.16. The molecule has 1 unspecified atom stereocenters. The summed E-state index contributed by atoms with van der Waals surface area (Å²) in [6.45, 7) is 5.25. The SMILES string of the molecule is CC(C)NCC(O)COC1CCCC1. The van der Waals surface area contributed by atoms with Gasteiger partial charge in [0.25, 0.3) is 0 Å². The summed E-state index contributed by atoms with van der Waals surface area (Å²) in [6.07, 6.45) is 4.95. The van der Waals surface area contributed by atoms with Gasteiger partial charge >= 0.3 is 0 Å². The van der Waals surface area contributed by atoms with Crippen molar-refractivity contribution in [3.63, 3.8) is 0 Å². The van der Waals surface area contributed by atoms with E-state index in [9.17, 15) is 5.11 Å². The molecular weight excluding hydrogens is 178 g/mol. The number of rotatable bonds is 6. The zero-order chi connectivity index (χ0) is 10.4. The van der Waals surface area contributed by atoms with Crippen LogP contribution < -0.4 is 5.32 Å². The molecule has 0 spiro atoms. The van der Waals surface area contributed by atoms with Crippen LogP contribution in [-0.4, -0.2) is 36.5 Å². The predicted molar refractivity (Wildman–Crippen MR) is 57.4 cm³/mol. The maximum Gasteiger partial charge on any atom is 0.0897 e. The van der Waals surface area contributed by atoms with E-state index < -0.39 is 0 Å². The van der Waals surface area contributed by atoms with Crippen LogP contribution in [0.2, 0.25) is 0 Å². The van der Waals surface area contributed by atoms with E-state index in [1.165, 1.54) is 25.7 Å². The maximum absolute atomic E-state index is 9.57. The Morgan fingerprint density at radius 1 is 1.36 bits per heavy atom. The van der Waals surface area contributed by atoms with Gasteiger partial charge in [-0.2, -0.15) is 0 Å². The average Bonchev–Trinajstić information content (AvgIpc) is 2.63. The second-order valence-corrected chi connectivity index (χ2v) is 4.46. The fraction of sp³-hybridized carbons (Fsp3) is 1.00. The zero-order valence-corrected chi connectivity index (χ0v) is 9.33. The minimum absolute atomic E-state index is 0.363. The molecule has 2 N–H and O–H groups in total. The molecule has 0 bridgehead atoms. The fourth-order valence-corrected chi connectivity index (χ4v) is 1.73. The van der Waals surface area contributed by atoms with Crippen molar-refractivity contribution in [2.45, 2.75) is 57.8 Å². The van der Waals surface area contributed by atoms with Gasteiger partial charge in [0, 0.05) is 12.6 Å². The van der Waals surface area contributed by atoms with Gasteiger partial charge in [-0.3, -0.25) is 0 Å². The number of aliphatic hydroxyl groups is 1. The Morgan fingerprint density at radius 3 is 2.57 bits per heavy atom. The van der Waals surface area contributed by atoms with E-state index in [1.807, 2.05) is 0 Å². The standard InChI is InChI=1S/C11H23NO2/c1-9(2)12-7-10(13)8-14-11-5-3-4-6-11/h9-13H,3-8H2,1-2H3. The largest absolute Gasteiger partial charge is 0.389 e. The second-order valence-electron chi connectivity index (χ2n) is 4.46. The number of ether oxygens (including phenoxy) is 1. The van der Waals surface area contributed by atoms with Crippen molar-refractivity contribution >= 4 is 0 Å². The van der Waals surface area contributed by atoms with Gasteiger partial charge in [-0.05, 0) is 12.8 Å². The summed E-state index contributed by atoms with van der Waals surface area (Å²) in [7, 11) is 0. The third-order valence-corrected chi connectivity index (χ3v) is 2.59. The van der Waals surface area contributed by atoms with Crippen molar-refractivity contribution in [3.8, 4) is 0 Å². The molecule has 0 radical (unpaired) electrons. The highest BCUT2D eigenvalue weighted by atomic mass is 16.5. The van der Waals surface area contributed by atoms with Gasteiger partial charge in [0.1, 0.15) is 0 Å². The molecular formula is C11H23NO2. The first-order chi connectivity index (χ1) is 6.68. The Bertz CT molecular complexity index is 144. The summed E-state index contributed by atoms with van der Waals surface area (Å²) in [5.41, 5.74) is 0.